The average Bonchev–Trinajstić information content (AvgIpc) is 2.19. The first kappa shape index (κ1) is 11.0. The minimum atomic E-state index is 0.697. The Bertz CT molecular complexity index is 290. The Labute approximate surface area is 86.5 Å². The van der Waals surface area contributed by atoms with Crippen LogP contribution < -0.4 is 5.73 Å². The molecule has 0 aliphatic carbocycles. The van der Waals surface area contributed by atoms with E-state index in [1.54, 1.807) is 0 Å². The normalized spacial score (nSPS) is 10.9. The number of pyridine rings is 1. The fourth-order valence-electron chi connectivity index (χ4n) is 1.69. The first-order valence-electron chi connectivity index (χ1n) is 5.38. The SMILES string of the molecule is CCC(CC)Cc1cc(C)cnc1N. The molecule has 1 rings (SSSR count). The fourth-order valence-corrected chi connectivity index (χ4v) is 1.69. The van der Waals surface area contributed by atoms with Crippen LogP contribution in [0.2, 0.25) is 0 Å². The third-order valence-electron chi connectivity index (χ3n) is 2.80. The van der Waals surface area contributed by atoms with Gasteiger partial charge in [-0.2, -0.15) is 0 Å². The summed E-state index contributed by atoms with van der Waals surface area (Å²) in [5.41, 5.74) is 8.24. The zero-order valence-electron chi connectivity index (χ0n) is 9.38. The number of nitrogens with zero attached hydrogens (tertiary/aromatic N) is 1. The fraction of sp³-hybridized carbons (Fsp3) is 0.583. The minimum Gasteiger partial charge on any atom is -0.383 e. The highest BCUT2D eigenvalue weighted by molar-refractivity contribution is 5.40. The van der Waals surface area contributed by atoms with E-state index >= 15 is 0 Å². The smallest absolute Gasteiger partial charge is 0.126 e. The quantitative estimate of drug-likeness (QED) is 0.796. The molecular weight excluding hydrogens is 172 g/mol. The summed E-state index contributed by atoms with van der Waals surface area (Å²) in [4.78, 5) is 4.18. The van der Waals surface area contributed by atoms with Crippen LogP contribution in [-0.4, -0.2) is 4.98 Å². The summed E-state index contributed by atoms with van der Waals surface area (Å²) in [5.74, 6) is 1.43. The van der Waals surface area contributed by atoms with Crippen molar-refractivity contribution >= 4 is 5.82 Å². The number of hydrogen-bond donors (Lipinski definition) is 1. The van der Waals surface area contributed by atoms with E-state index in [1.165, 1.54) is 24.0 Å². The Hall–Kier alpha value is -1.05. The summed E-state index contributed by atoms with van der Waals surface area (Å²) >= 11 is 0. The van der Waals surface area contributed by atoms with Crippen LogP contribution in [0.1, 0.15) is 37.8 Å². The Morgan fingerprint density at radius 3 is 2.57 bits per heavy atom. The molecule has 0 radical (unpaired) electrons. The van der Waals surface area contributed by atoms with Gasteiger partial charge in [-0.15, -0.1) is 0 Å². The van der Waals surface area contributed by atoms with E-state index in [0.29, 0.717) is 5.82 Å². The van der Waals surface area contributed by atoms with Crippen molar-refractivity contribution in [2.75, 3.05) is 5.73 Å². The predicted octanol–water partition coefficient (Wildman–Crippen LogP) is 2.95. The van der Waals surface area contributed by atoms with Gasteiger partial charge in [-0.25, -0.2) is 4.98 Å². The van der Waals surface area contributed by atoms with Crippen LogP contribution in [0, 0.1) is 12.8 Å². The van der Waals surface area contributed by atoms with Gasteiger partial charge in [-0.1, -0.05) is 32.8 Å². The van der Waals surface area contributed by atoms with Crippen molar-refractivity contribution in [1.29, 1.82) is 0 Å². The topological polar surface area (TPSA) is 38.9 Å². The molecule has 0 amide bonds. The lowest BCUT2D eigenvalue weighted by Gasteiger charge is -2.13. The van der Waals surface area contributed by atoms with Crippen molar-refractivity contribution in [1.82, 2.24) is 4.98 Å². The third-order valence-corrected chi connectivity index (χ3v) is 2.80. The molecule has 0 aromatic carbocycles. The minimum absolute atomic E-state index is 0.697. The molecule has 14 heavy (non-hydrogen) atoms. The van der Waals surface area contributed by atoms with Crippen LogP contribution in [0.15, 0.2) is 12.3 Å². The summed E-state index contributed by atoms with van der Waals surface area (Å²) in [6.45, 7) is 6.52. The maximum atomic E-state index is 5.84. The molecule has 1 aromatic rings. The predicted molar refractivity (Wildman–Crippen MR) is 61.2 cm³/mol. The van der Waals surface area contributed by atoms with E-state index in [-0.39, 0.29) is 0 Å². The van der Waals surface area contributed by atoms with Crippen LogP contribution >= 0.6 is 0 Å². The van der Waals surface area contributed by atoms with Gasteiger partial charge < -0.3 is 5.73 Å². The number of nitrogen functional groups attached to an aromatic ring is 1. The van der Waals surface area contributed by atoms with Crippen molar-refractivity contribution in [3.05, 3.63) is 23.4 Å². The summed E-state index contributed by atoms with van der Waals surface area (Å²) in [7, 11) is 0. The van der Waals surface area contributed by atoms with Gasteiger partial charge in [0.1, 0.15) is 5.82 Å². The van der Waals surface area contributed by atoms with Gasteiger partial charge in [-0.05, 0) is 30.4 Å². The molecular formula is C12H20N2. The standard InChI is InChI=1S/C12H20N2/c1-4-10(5-2)7-11-6-9(3)8-14-12(11)13/h6,8,10H,4-5,7H2,1-3H3,(H2,13,14). The van der Waals surface area contributed by atoms with Crippen molar-refractivity contribution < 1.29 is 0 Å². The van der Waals surface area contributed by atoms with Crippen molar-refractivity contribution in [2.24, 2.45) is 5.92 Å². The number of nitrogens with two attached hydrogens (primary N) is 1. The molecule has 0 fully saturated rings. The van der Waals surface area contributed by atoms with Crippen LogP contribution in [-0.2, 0) is 6.42 Å². The summed E-state index contributed by atoms with van der Waals surface area (Å²) in [6, 6.07) is 2.15. The molecule has 0 spiro atoms. The highest BCUT2D eigenvalue weighted by Crippen LogP contribution is 2.19. The molecule has 2 nitrogen and oxygen atoms in total. The Balaban J connectivity index is 2.79. The first-order valence-corrected chi connectivity index (χ1v) is 5.38. The van der Waals surface area contributed by atoms with E-state index in [0.717, 1.165) is 12.3 Å². The molecule has 78 valence electrons. The van der Waals surface area contributed by atoms with Gasteiger partial charge in [0.05, 0.1) is 0 Å². The number of anilines is 1. The van der Waals surface area contributed by atoms with Crippen molar-refractivity contribution in [3.63, 3.8) is 0 Å². The molecule has 0 saturated carbocycles. The van der Waals surface area contributed by atoms with Crippen molar-refractivity contribution in [3.8, 4) is 0 Å². The lowest BCUT2D eigenvalue weighted by Crippen LogP contribution is -2.06. The maximum Gasteiger partial charge on any atom is 0.126 e. The second-order valence-electron chi connectivity index (χ2n) is 3.94. The molecule has 1 aromatic heterocycles. The third kappa shape index (κ3) is 2.72. The van der Waals surface area contributed by atoms with E-state index < -0.39 is 0 Å². The van der Waals surface area contributed by atoms with E-state index in [9.17, 15) is 0 Å². The largest absolute Gasteiger partial charge is 0.383 e. The second-order valence-corrected chi connectivity index (χ2v) is 3.94. The van der Waals surface area contributed by atoms with Gasteiger partial charge in [0.15, 0.2) is 0 Å². The monoisotopic (exact) mass is 192 g/mol. The molecule has 0 bridgehead atoms. The van der Waals surface area contributed by atoms with Crippen LogP contribution in [0.25, 0.3) is 0 Å². The lowest BCUT2D eigenvalue weighted by molar-refractivity contribution is 0.490. The Morgan fingerprint density at radius 2 is 2.00 bits per heavy atom. The highest BCUT2D eigenvalue weighted by Gasteiger charge is 2.08. The number of aryl methyl sites for hydroxylation is 1. The molecule has 2 N–H and O–H groups in total. The van der Waals surface area contributed by atoms with Crippen LogP contribution in [0.3, 0.4) is 0 Å². The highest BCUT2D eigenvalue weighted by atomic mass is 14.8. The number of aromatic nitrogens is 1. The lowest BCUT2D eigenvalue weighted by atomic mass is 9.94. The van der Waals surface area contributed by atoms with Crippen molar-refractivity contribution in [2.45, 2.75) is 40.0 Å². The zero-order valence-corrected chi connectivity index (χ0v) is 9.38. The van der Waals surface area contributed by atoms with Crippen LogP contribution in [0.5, 0.6) is 0 Å². The van der Waals surface area contributed by atoms with Gasteiger partial charge in [0.2, 0.25) is 0 Å². The number of rotatable bonds is 4. The average molecular weight is 192 g/mol. The molecule has 0 saturated heterocycles. The summed E-state index contributed by atoms with van der Waals surface area (Å²) in [6.07, 6.45) is 5.31. The Morgan fingerprint density at radius 1 is 1.36 bits per heavy atom. The van der Waals surface area contributed by atoms with Gasteiger partial charge in [0, 0.05) is 6.20 Å². The van der Waals surface area contributed by atoms with Gasteiger partial charge in [-0.3, -0.25) is 0 Å². The molecule has 2 heteroatoms. The van der Waals surface area contributed by atoms with Crippen LogP contribution in [0.4, 0.5) is 5.82 Å². The molecule has 0 unspecified atom stereocenters. The molecule has 0 atom stereocenters. The van der Waals surface area contributed by atoms with Gasteiger partial charge >= 0.3 is 0 Å². The second kappa shape index (κ2) is 4.99. The molecule has 0 aliphatic heterocycles. The molecule has 0 aliphatic rings. The maximum absolute atomic E-state index is 5.84. The number of hydrogen-bond acceptors (Lipinski definition) is 2. The summed E-state index contributed by atoms with van der Waals surface area (Å²) in [5, 5.41) is 0. The summed E-state index contributed by atoms with van der Waals surface area (Å²) < 4.78 is 0. The Kier molecular flexibility index (Phi) is 3.93. The molecule has 1 heterocycles. The van der Waals surface area contributed by atoms with E-state index in [1.807, 2.05) is 6.20 Å². The van der Waals surface area contributed by atoms with E-state index in [4.69, 9.17) is 5.73 Å². The van der Waals surface area contributed by atoms with E-state index in [2.05, 4.69) is 31.8 Å². The first-order chi connectivity index (χ1) is 6.67. The zero-order chi connectivity index (χ0) is 10.6. The van der Waals surface area contributed by atoms with Gasteiger partial charge in [0.25, 0.3) is 0 Å².